The number of phenols is 1. The third-order valence-corrected chi connectivity index (χ3v) is 2.97. The normalized spacial score (nSPS) is 10.6. The fraction of sp³-hybridized carbons (Fsp3) is 0.0625. The second-order valence-corrected chi connectivity index (χ2v) is 4.70. The van der Waals surface area contributed by atoms with Gasteiger partial charge < -0.3 is 15.2 Å². The minimum Gasteiger partial charge on any atom is -0.508 e. The monoisotopic (exact) mass is 303 g/mol. The van der Waals surface area contributed by atoms with E-state index in [-0.39, 0.29) is 11.7 Å². The van der Waals surface area contributed by atoms with Crippen LogP contribution in [0.4, 0.5) is 5.69 Å². The topological polar surface area (TPSA) is 58.6 Å². The number of halogens is 1. The summed E-state index contributed by atoms with van der Waals surface area (Å²) in [6, 6.07) is 11.5. The van der Waals surface area contributed by atoms with Crippen LogP contribution in [0.2, 0.25) is 5.02 Å². The summed E-state index contributed by atoms with van der Waals surface area (Å²) in [5.41, 5.74) is 1.31. The molecule has 0 aliphatic heterocycles. The quantitative estimate of drug-likeness (QED) is 0.847. The molecule has 2 aromatic carbocycles. The molecule has 1 amide bonds. The molecule has 2 aromatic rings. The van der Waals surface area contributed by atoms with Gasteiger partial charge in [-0.2, -0.15) is 0 Å². The number of ether oxygens (including phenoxy) is 1. The summed E-state index contributed by atoms with van der Waals surface area (Å²) in [5, 5.41) is 12.4. The van der Waals surface area contributed by atoms with Gasteiger partial charge in [0.25, 0.3) is 0 Å². The highest BCUT2D eigenvalue weighted by Crippen LogP contribution is 2.27. The molecule has 0 saturated heterocycles. The van der Waals surface area contributed by atoms with Crippen molar-refractivity contribution in [1.82, 2.24) is 0 Å². The van der Waals surface area contributed by atoms with Crippen LogP contribution in [0.15, 0.2) is 48.5 Å². The predicted octanol–water partition coefficient (Wildman–Crippen LogP) is 3.71. The molecule has 0 heterocycles. The van der Waals surface area contributed by atoms with Gasteiger partial charge in [-0.3, -0.25) is 4.79 Å². The van der Waals surface area contributed by atoms with Gasteiger partial charge >= 0.3 is 0 Å². The van der Waals surface area contributed by atoms with Crippen molar-refractivity contribution in [1.29, 1.82) is 0 Å². The largest absolute Gasteiger partial charge is 0.508 e. The minimum atomic E-state index is -0.302. The lowest BCUT2D eigenvalue weighted by Crippen LogP contribution is -2.08. The molecule has 0 aliphatic carbocycles. The molecule has 0 bridgehead atoms. The van der Waals surface area contributed by atoms with Crippen LogP contribution in [0, 0.1) is 0 Å². The third-order valence-electron chi connectivity index (χ3n) is 2.74. The lowest BCUT2D eigenvalue weighted by Gasteiger charge is -2.08. The molecule has 0 fully saturated rings. The zero-order valence-electron chi connectivity index (χ0n) is 11.3. The molecular weight excluding hydrogens is 290 g/mol. The number of benzene rings is 2. The number of amides is 1. The maximum absolute atomic E-state index is 11.9. The summed E-state index contributed by atoms with van der Waals surface area (Å²) in [7, 11) is 1.52. The van der Waals surface area contributed by atoms with Crippen molar-refractivity contribution < 1.29 is 14.6 Å². The zero-order chi connectivity index (χ0) is 15.2. The van der Waals surface area contributed by atoms with Crippen LogP contribution in [0.1, 0.15) is 5.56 Å². The van der Waals surface area contributed by atoms with E-state index in [0.717, 1.165) is 5.56 Å². The van der Waals surface area contributed by atoms with E-state index in [4.69, 9.17) is 16.3 Å². The third kappa shape index (κ3) is 4.26. The van der Waals surface area contributed by atoms with Gasteiger partial charge in [0, 0.05) is 11.1 Å². The average molecular weight is 304 g/mol. The predicted molar refractivity (Wildman–Crippen MR) is 83.8 cm³/mol. The van der Waals surface area contributed by atoms with Gasteiger partial charge in [0.05, 0.1) is 12.8 Å². The highest BCUT2D eigenvalue weighted by atomic mass is 35.5. The van der Waals surface area contributed by atoms with Gasteiger partial charge in [-0.1, -0.05) is 23.7 Å². The van der Waals surface area contributed by atoms with Gasteiger partial charge in [-0.25, -0.2) is 0 Å². The van der Waals surface area contributed by atoms with Crippen LogP contribution in [-0.2, 0) is 4.79 Å². The van der Waals surface area contributed by atoms with Crippen LogP contribution >= 0.6 is 11.6 Å². The Bertz CT molecular complexity index is 666. The number of anilines is 1. The van der Waals surface area contributed by atoms with E-state index < -0.39 is 0 Å². The summed E-state index contributed by atoms with van der Waals surface area (Å²) in [6.07, 6.45) is 3.04. The van der Waals surface area contributed by atoms with E-state index in [2.05, 4.69) is 5.32 Å². The number of phenolic OH excluding ortho intramolecular Hbond substituents is 1. The summed E-state index contributed by atoms with van der Waals surface area (Å²) in [5.74, 6) is 0.412. The first kappa shape index (κ1) is 14.9. The number of methoxy groups -OCH3 is 1. The molecule has 108 valence electrons. The maximum atomic E-state index is 11.9. The second kappa shape index (κ2) is 6.81. The van der Waals surface area contributed by atoms with Crippen LogP contribution < -0.4 is 10.1 Å². The molecule has 0 radical (unpaired) electrons. The molecule has 21 heavy (non-hydrogen) atoms. The van der Waals surface area contributed by atoms with E-state index >= 15 is 0 Å². The maximum Gasteiger partial charge on any atom is 0.248 e. The standard InChI is InChI=1S/C16H14ClNO3/c1-21-15-8-5-12(17)10-14(15)18-16(20)9-4-11-2-6-13(19)7-3-11/h2-10,19H,1H3,(H,18,20)/b9-4+. The van der Waals surface area contributed by atoms with Crippen molar-refractivity contribution in [3.8, 4) is 11.5 Å². The molecule has 2 N–H and O–H groups in total. The number of carbonyl (C=O) groups is 1. The van der Waals surface area contributed by atoms with E-state index in [1.807, 2.05) is 0 Å². The minimum absolute atomic E-state index is 0.181. The van der Waals surface area contributed by atoms with Crippen molar-refractivity contribution >= 4 is 29.3 Å². The lowest BCUT2D eigenvalue weighted by atomic mass is 10.2. The number of rotatable bonds is 4. The first-order valence-corrected chi connectivity index (χ1v) is 6.58. The summed E-state index contributed by atoms with van der Waals surface area (Å²) in [6.45, 7) is 0. The Morgan fingerprint density at radius 3 is 2.62 bits per heavy atom. The molecule has 0 spiro atoms. The van der Waals surface area contributed by atoms with Crippen molar-refractivity contribution in [3.63, 3.8) is 0 Å². The Kier molecular flexibility index (Phi) is 4.85. The van der Waals surface area contributed by atoms with Crippen molar-refractivity contribution in [3.05, 3.63) is 59.1 Å². The van der Waals surface area contributed by atoms with E-state index in [0.29, 0.717) is 16.5 Å². The van der Waals surface area contributed by atoms with Gasteiger partial charge in [-0.15, -0.1) is 0 Å². The highest BCUT2D eigenvalue weighted by Gasteiger charge is 2.06. The van der Waals surface area contributed by atoms with E-state index in [1.165, 1.54) is 13.2 Å². The van der Waals surface area contributed by atoms with E-state index in [1.54, 1.807) is 48.5 Å². The Balaban J connectivity index is 2.08. The van der Waals surface area contributed by atoms with Crippen molar-refractivity contribution in [2.24, 2.45) is 0 Å². The summed E-state index contributed by atoms with van der Waals surface area (Å²) >= 11 is 5.90. The van der Waals surface area contributed by atoms with Gasteiger partial charge in [0.15, 0.2) is 0 Å². The smallest absolute Gasteiger partial charge is 0.248 e. The number of hydrogen-bond acceptors (Lipinski definition) is 3. The summed E-state index contributed by atoms with van der Waals surface area (Å²) in [4.78, 5) is 11.9. The van der Waals surface area contributed by atoms with Crippen molar-refractivity contribution in [2.75, 3.05) is 12.4 Å². The number of aromatic hydroxyl groups is 1. The first-order chi connectivity index (χ1) is 10.1. The highest BCUT2D eigenvalue weighted by molar-refractivity contribution is 6.31. The van der Waals surface area contributed by atoms with Crippen LogP contribution in [-0.4, -0.2) is 18.1 Å². The molecule has 0 saturated carbocycles. The first-order valence-electron chi connectivity index (χ1n) is 6.20. The van der Waals surface area contributed by atoms with Gasteiger partial charge in [0.2, 0.25) is 5.91 Å². The number of nitrogens with one attached hydrogen (secondary N) is 1. The summed E-state index contributed by atoms with van der Waals surface area (Å²) < 4.78 is 5.15. The van der Waals surface area contributed by atoms with Gasteiger partial charge in [0.1, 0.15) is 11.5 Å². The second-order valence-electron chi connectivity index (χ2n) is 4.26. The van der Waals surface area contributed by atoms with Gasteiger partial charge in [-0.05, 0) is 42.0 Å². The lowest BCUT2D eigenvalue weighted by molar-refractivity contribution is -0.111. The molecule has 0 unspecified atom stereocenters. The Morgan fingerprint density at radius 2 is 1.95 bits per heavy atom. The van der Waals surface area contributed by atoms with Crippen LogP contribution in [0.25, 0.3) is 6.08 Å². The Hall–Kier alpha value is -2.46. The number of carbonyl (C=O) groups excluding carboxylic acids is 1. The SMILES string of the molecule is COc1ccc(Cl)cc1NC(=O)/C=C/c1ccc(O)cc1. The average Bonchev–Trinajstić information content (AvgIpc) is 2.47. The molecule has 4 nitrogen and oxygen atoms in total. The number of hydrogen-bond donors (Lipinski definition) is 2. The fourth-order valence-electron chi connectivity index (χ4n) is 1.71. The molecular formula is C16H14ClNO3. The fourth-order valence-corrected chi connectivity index (χ4v) is 1.88. The Labute approximate surface area is 127 Å². The molecule has 0 atom stereocenters. The van der Waals surface area contributed by atoms with Crippen LogP contribution in [0.5, 0.6) is 11.5 Å². The van der Waals surface area contributed by atoms with Crippen LogP contribution in [0.3, 0.4) is 0 Å². The van der Waals surface area contributed by atoms with Crippen molar-refractivity contribution in [2.45, 2.75) is 0 Å². The Morgan fingerprint density at radius 1 is 1.24 bits per heavy atom. The molecule has 2 rings (SSSR count). The molecule has 0 aromatic heterocycles. The molecule has 5 heteroatoms. The zero-order valence-corrected chi connectivity index (χ0v) is 12.1. The molecule has 0 aliphatic rings. The van der Waals surface area contributed by atoms with E-state index in [9.17, 15) is 9.90 Å².